The maximum atomic E-state index is 11.4. The van der Waals surface area contributed by atoms with Crippen molar-refractivity contribution in [2.75, 3.05) is 13.7 Å². The Labute approximate surface area is 83.4 Å². The van der Waals surface area contributed by atoms with Crippen molar-refractivity contribution in [1.82, 2.24) is 5.32 Å². The molecule has 0 aromatic heterocycles. The fourth-order valence-corrected chi connectivity index (χ4v) is 0.716. The summed E-state index contributed by atoms with van der Waals surface area (Å²) in [6.07, 6.45) is 0. The third-order valence-electron chi connectivity index (χ3n) is 1.62. The third kappa shape index (κ3) is 4.23. The first-order valence-corrected chi connectivity index (χ1v) is 4.31. The average Bonchev–Trinajstić information content (AvgIpc) is 2.01. The molecular formula is C9H17NO4. The summed E-state index contributed by atoms with van der Waals surface area (Å²) in [5.41, 5.74) is -0.596. The molecule has 0 rings (SSSR count). The molecular weight excluding hydrogens is 186 g/mol. The number of rotatable bonds is 4. The molecule has 2 N–H and O–H groups in total. The number of hydrogen-bond donors (Lipinski definition) is 2. The van der Waals surface area contributed by atoms with Gasteiger partial charge in [-0.3, -0.25) is 4.79 Å². The summed E-state index contributed by atoms with van der Waals surface area (Å²) < 4.78 is 4.68. The van der Waals surface area contributed by atoms with E-state index in [1.807, 2.05) is 0 Å². The highest BCUT2D eigenvalue weighted by Gasteiger charge is 2.27. The largest absolute Gasteiger partial charge is 0.480 e. The zero-order valence-corrected chi connectivity index (χ0v) is 8.96. The predicted molar refractivity (Wildman–Crippen MR) is 50.9 cm³/mol. The van der Waals surface area contributed by atoms with Crippen LogP contribution in [0.15, 0.2) is 0 Å². The molecule has 0 aromatic carbocycles. The number of carbonyl (C=O) groups excluding carboxylic acids is 1. The van der Waals surface area contributed by atoms with Crippen molar-refractivity contribution < 1.29 is 19.4 Å². The van der Waals surface area contributed by atoms with Crippen LogP contribution < -0.4 is 5.32 Å². The van der Waals surface area contributed by atoms with E-state index >= 15 is 0 Å². The molecule has 0 heterocycles. The van der Waals surface area contributed by atoms with Crippen molar-refractivity contribution in [3.8, 4) is 0 Å². The number of amides is 1. The topological polar surface area (TPSA) is 75.6 Å². The van der Waals surface area contributed by atoms with Gasteiger partial charge in [0.15, 0.2) is 6.04 Å². The molecule has 1 atom stereocenters. The number of hydrogen-bond acceptors (Lipinski definition) is 3. The van der Waals surface area contributed by atoms with E-state index in [-0.39, 0.29) is 12.5 Å². The average molecular weight is 203 g/mol. The van der Waals surface area contributed by atoms with Crippen LogP contribution in [-0.2, 0) is 14.3 Å². The highest BCUT2D eigenvalue weighted by Crippen LogP contribution is 2.12. The van der Waals surface area contributed by atoms with Gasteiger partial charge in [0.1, 0.15) is 0 Å². The Kier molecular flexibility index (Phi) is 4.56. The molecule has 0 radical (unpaired) electrons. The van der Waals surface area contributed by atoms with E-state index in [0.29, 0.717) is 0 Å². The Morgan fingerprint density at radius 1 is 1.43 bits per heavy atom. The normalized spacial score (nSPS) is 13.4. The van der Waals surface area contributed by atoms with E-state index in [0.717, 1.165) is 0 Å². The highest BCUT2D eigenvalue weighted by atomic mass is 16.5. The van der Waals surface area contributed by atoms with Crippen LogP contribution in [0.3, 0.4) is 0 Å². The van der Waals surface area contributed by atoms with Gasteiger partial charge in [-0.15, -0.1) is 0 Å². The Hall–Kier alpha value is -1.10. The summed E-state index contributed by atoms with van der Waals surface area (Å²) in [5, 5.41) is 11.1. The monoisotopic (exact) mass is 203 g/mol. The molecule has 14 heavy (non-hydrogen) atoms. The Bertz CT molecular complexity index is 219. The van der Waals surface area contributed by atoms with Crippen molar-refractivity contribution in [2.24, 2.45) is 5.41 Å². The predicted octanol–water partition coefficient (Wildman–Crippen LogP) is 0.248. The van der Waals surface area contributed by atoms with Crippen LogP contribution in [-0.4, -0.2) is 36.7 Å². The van der Waals surface area contributed by atoms with Crippen molar-refractivity contribution in [3.63, 3.8) is 0 Å². The van der Waals surface area contributed by atoms with Crippen molar-refractivity contribution in [3.05, 3.63) is 0 Å². The maximum Gasteiger partial charge on any atom is 0.328 e. The number of ether oxygens (including phenoxy) is 1. The lowest BCUT2D eigenvalue weighted by atomic mass is 9.95. The molecule has 82 valence electrons. The fraction of sp³-hybridized carbons (Fsp3) is 0.778. The van der Waals surface area contributed by atoms with Crippen LogP contribution >= 0.6 is 0 Å². The van der Waals surface area contributed by atoms with Crippen molar-refractivity contribution in [1.29, 1.82) is 0 Å². The minimum atomic E-state index is -1.09. The van der Waals surface area contributed by atoms with Gasteiger partial charge < -0.3 is 15.2 Å². The van der Waals surface area contributed by atoms with Gasteiger partial charge in [-0.1, -0.05) is 20.8 Å². The zero-order valence-electron chi connectivity index (χ0n) is 8.96. The van der Waals surface area contributed by atoms with Crippen LogP contribution in [0.2, 0.25) is 0 Å². The second kappa shape index (κ2) is 4.95. The molecule has 5 nitrogen and oxygen atoms in total. The van der Waals surface area contributed by atoms with Crippen molar-refractivity contribution in [2.45, 2.75) is 26.8 Å². The Morgan fingerprint density at radius 3 is 2.21 bits per heavy atom. The fourth-order valence-electron chi connectivity index (χ4n) is 0.716. The van der Waals surface area contributed by atoms with E-state index in [4.69, 9.17) is 5.11 Å². The highest BCUT2D eigenvalue weighted by molar-refractivity contribution is 5.86. The van der Waals surface area contributed by atoms with Gasteiger partial charge >= 0.3 is 5.97 Å². The van der Waals surface area contributed by atoms with Gasteiger partial charge in [0.05, 0.1) is 6.61 Å². The summed E-state index contributed by atoms with van der Waals surface area (Å²) >= 11 is 0. The van der Waals surface area contributed by atoms with E-state index in [9.17, 15) is 9.59 Å². The molecule has 5 heteroatoms. The summed E-state index contributed by atoms with van der Waals surface area (Å²) in [6.45, 7) is 5.12. The van der Waals surface area contributed by atoms with E-state index in [1.54, 1.807) is 20.8 Å². The zero-order chi connectivity index (χ0) is 11.4. The first kappa shape index (κ1) is 12.9. The van der Waals surface area contributed by atoms with Crippen LogP contribution in [0.5, 0.6) is 0 Å². The molecule has 0 saturated carbocycles. The smallest absolute Gasteiger partial charge is 0.328 e. The second-order valence-corrected chi connectivity index (χ2v) is 4.07. The molecule has 0 aliphatic heterocycles. The van der Waals surface area contributed by atoms with Crippen molar-refractivity contribution >= 4 is 11.9 Å². The van der Waals surface area contributed by atoms with Crippen LogP contribution in [0.4, 0.5) is 0 Å². The Morgan fingerprint density at radius 2 is 1.93 bits per heavy atom. The molecule has 0 aliphatic rings. The first-order valence-electron chi connectivity index (χ1n) is 4.31. The lowest BCUT2D eigenvalue weighted by Gasteiger charge is -2.21. The number of aliphatic carboxylic acids is 1. The first-order chi connectivity index (χ1) is 6.29. The van der Waals surface area contributed by atoms with E-state index in [2.05, 4.69) is 10.1 Å². The second-order valence-electron chi connectivity index (χ2n) is 4.07. The molecule has 0 unspecified atom stereocenters. The Balaban J connectivity index is 4.31. The molecule has 0 aliphatic carbocycles. The summed E-state index contributed by atoms with van der Waals surface area (Å²) in [7, 11) is 1.39. The lowest BCUT2D eigenvalue weighted by Crippen LogP contribution is -2.47. The summed E-state index contributed by atoms with van der Waals surface area (Å²) in [4.78, 5) is 22.1. The minimum absolute atomic E-state index is 0.0306. The quantitative estimate of drug-likeness (QED) is 0.686. The SMILES string of the molecule is COC[C@H](NC(=O)C(C)(C)C)C(=O)O. The standard InChI is InChI=1S/C9H17NO4/c1-9(2,3)8(13)10-6(5-14-4)7(11)12/h6H,5H2,1-4H3,(H,10,13)(H,11,12)/t6-/m0/s1. The summed E-state index contributed by atoms with van der Waals surface area (Å²) in [6, 6.07) is -0.980. The van der Waals surface area contributed by atoms with E-state index in [1.165, 1.54) is 7.11 Å². The van der Waals surface area contributed by atoms with Gasteiger partial charge in [0.2, 0.25) is 5.91 Å². The third-order valence-corrected chi connectivity index (χ3v) is 1.62. The number of carboxylic acids is 1. The summed E-state index contributed by atoms with van der Waals surface area (Å²) in [5.74, 6) is -1.40. The molecule has 0 aromatic rings. The maximum absolute atomic E-state index is 11.4. The number of methoxy groups -OCH3 is 1. The van der Waals surface area contributed by atoms with Crippen LogP contribution in [0.1, 0.15) is 20.8 Å². The van der Waals surface area contributed by atoms with Gasteiger partial charge in [0, 0.05) is 12.5 Å². The molecule has 1 amide bonds. The minimum Gasteiger partial charge on any atom is -0.480 e. The van der Waals surface area contributed by atoms with Gasteiger partial charge in [-0.2, -0.15) is 0 Å². The molecule has 0 saturated heterocycles. The van der Waals surface area contributed by atoms with E-state index < -0.39 is 17.4 Å². The van der Waals surface area contributed by atoms with Gasteiger partial charge in [0.25, 0.3) is 0 Å². The van der Waals surface area contributed by atoms with Crippen LogP contribution in [0.25, 0.3) is 0 Å². The molecule has 0 bridgehead atoms. The molecule has 0 fully saturated rings. The molecule has 0 spiro atoms. The number of carbonyl (C=O) groups is 2. The number of nitrogens with one attached hydrogen (secondary N) is 1. The van der Waals surface area contributed by atoms with Gasteiger partial charge in [-0.05, 0) is 0 Å². The van der Waals surface area contributed by atoms with Gasteiger partial charge in [-0.25, -0.2) is 4.79 Å². The number of carboxylic acid groups (broad SMARTS) is 1. The van der Waals surface area contributed by atoms with Crippen LogP contribution in [0, 0.1) is 5.41 Å². The lowest BCUT2D eigenvalue weighted by molar-refractivity contribution is -0.144.